The van der Waals surface area contributed by atoms with E-state index in [1.807, 2.05) is 18.3 Å². The van der Waals surface area contributed by atoms with Crippen molar-refractivity contribution < 1.29 is 9.21 Å². The molecular formula is C16H20N4O2. The number of carbonyl (C=O) groups excluding carboxylic acids is 1. The highest BCUT2D eigenvalue weighted by molar-refractivity contribution is 5.93. The molecular weight excluding hydrogens is 280 g/mol. The van der Waals surface area contributed by atoms with Crippen molar-refractivity contribution in [2.24, 2.45) is 5.73 Å². The molecule has 0 spiro atoms. The molecule has 3 N–H and O–H groups in total. The average Bonchev–Trinajstić information content (AvgIpc) is 3.24. The third-order valence-electron chi connectivity index (χ3n) is 3.81. The van der Waals surface area contributed by atoms with E-state index in [1.165, 1.54) is 19.1 Å². The summed E-state index contributed by atoms with van der Waals surface area (Å²) in [6.07, 6.45) is 5.70. The van der Waals surface area contributed by atoms with E-state index in [0.29, 0.717) is 17.9 Å². The van der Waals surface area contributed by atoms with E-state index in [-0.39, 0.29) is 12.5 Å². The lowest BCUT2D eigenvalue weighted by molar-refractivity contribution is 0.0950. The van der Waals surface area contributed by atoms with Gasteiger partial charge < -0.3 is 20.4 Å². The van der Waals surface area contributed by atoms with Crippen LogP contribution in [-0.2, 0) is 13.1 Å². The van der Waals surface area contributed by atoms with Crippen molar-refractivity contribution in [2.75, 3.05) is 18.0 Å². The molecule has 3 rings (SSSR count). The van der Waals surface area contributed by atoms with E-state index >= 15 is 0 Å². The van der Waals surface area contributed by atoms with Gasteiger partial charge in [0.2, 0.25) is 0 Å². The molecule has 22 heavy (non-hydrogen) atoms. The molecule has 2 aromatic rings. The Labute approximate surface area is 129 Å². The van der Waals surface area contributed by atoms with Crippen LogP contribution in [-0.4, -0.2) is 24.0 Å². The van der Waals surface area contributed by atoms with Crippen molar-refractivity contribution in [3.05, 3.63) is 47.5 Å². The first-order valence-electron chi connectivity index (χ1n) is 7.52. The zero-order chi connectivity index (χ0) is 15.4. The first-order chi connectivity index (χ1) is 10.8. The standard InChI is InChI=1S/C16H20N4O2/c17-8-14-7-13(11-22-14)16(21)19-10-12-3-4-15(18-9-12)20-5-1-2-6-20/h3-4,7,9,11H,1-2,5-6,8,10,17H2,(H,19,21). The number of carbonyl (C=O) groups is 1. The van der Waals surface area contributed by atoms with E-state index < -0.39 is 0 Å². The average molecular weight is 300 g/mol. The van der Waals surface area contributed by atoms with Crippen LogP contribution < -0.4 is 16.0 Å². The first-order valence-corrected chi connectivity index (χ1v) is 7.52. The van der Waals surface area contributed by atoms with E-state index in [0.717, 1.165) is 24.5 Å². The Morgan fingerprint density at radius 3 is 2.82 bits per heavy atom. The molecule has 1 saturated heterocycles. The fraction of sp³-hybridized carbons (Fsp3) is 0.375. The molecule has 0 unspecified atom stereocenters. The van der Waals surface area contributed by atoms with Gasteiger partial charge in [-0.25, -0.2) is 4.98 Å². The van der Waals surface area contributed by atoms with Crippen LogP contribution in [0.25, 0.3) is 0 Å². The van der Waals surface area contributed by atoms with Gasteiger partial charge in [-0.2, -0.15) is 0 Å². The van der Waals surface area contributed by atoms with Crippen molar-refractivity contribution >= 4 is 11.7 Å². The number of nitrogens with two attached hydrogens (primary N) is 1. The van der Waals surface area contributed by atoms with Gasteiger partial charge in [0.1, 0.15) is 17.8 Å². The molecule has 116 valence electrons. The second-order valence-corrected chi connectivity index (χ2v) is 5.41. The van der Waals surface area contributed by atoms with Crippen molar-refractivity contribution in [1.29, 1.82) is 0 Å². The van der Waals surface area contributed by atoms with Crippen LogP contribution in [0.2, 0.25) is 0 Å². The molecule has 2 aromatic heterocycles. The fourth-order valence-electron chi connectivity index (χ4n) is 2.55. The Morgan fingerprint density at radius 2 is 2.18 bits per heavy atom. The number of rotatable bonds is 5. The van der Waals surface area contributed by atoms with Gasteiger partial charge in [-0.05, 0) is 30.5 Å². The van der Waals surface area contributed by atoms with E-state index in [9.17, 15) is 4.79 Å². The summed E-state index contributed by atoms with van der Waals surface area (Å²) >= 11 is 0. The van der Waals surface area contributed by atoms with Crippen molar-refractivity contribution in [3.63, 3.8) is 0 Å². The van der Waals surface area contributed by atoms with Crippen LogP contribution in [0.15, 0.2) is 35.1 Å². The van der Waals surface area contributed by atoms with Crippen molar-refractivity contribution in [1.82, 2.24) is 10.3 Å². The van der Waals surface area contributed by atoms with Gasteiger partial charge in [0.15, 0.2) is 0 Å². The van der Waals surface area contributed by atoms with Crippen LogP contribution in [0.3, 0.4) is 0 Å². The van der Waals surface area contributed by atoms with Crippen LogP contribution in [0, 0.1) is 0 Å². The minimum absolute atomic E-state index is 0.174. The summed E-state index contributed by atoms with van der Waals surface area (Å²) in [6.45, 7) is 2.88. The summed E-state index contributed by atoms with van der Waals surface area (Å²) in [5, 5.41) is 2.85. The number of furan rings is 1. The molecule has 1 aliphatic rings. The second-order valence-electron chi connectivity index (χ2n) is 5.41. The van der Waals surface area contributed by atoms with E-state index in [4.69, 9.17) is 10.2 Å². The third kappa shape index (κ3) is 3.28. The molecule has 0 saturated carbocycles. The lowest BCUT2D eigenvalue weighted by atomic mass is 10.2. The largest absolute Gasteiger partial charge is 0.467 e. The number of hydrogen-bond donors (Lipinski definition) is 2. The van der Waals surface area contributed by atoms with Gasteiger partial charge in [-0.3, -0.25) is 4.79 Å². The topological polar surface area (TPSA) is 84.4 Å². The normalized spacial score (nSPS) is 14.3. The molecule has 1 fully saturated rings. The summed E-state index contributed by atoms with van der Waals surface area (Å²) in [6, 6.07) is 5.67. The Bertz CT molecular complexity index is 630. The van der Waals surface area contributed by atoms with Crippen molar-refractivity contribution in [3.8, 4) is 0 Å². The summed E-state index contributed by atoms with van der Waals surface area (Å²) < 4.78 is 5.16. The van der Waals surface area contributed by atoms with Crippen molar-refractivity contribution in [2.45, 2.75) is 25.9 Å². The maximum Gasteiger partial charge on any atom is 0.254 e. The number of pyridine rings is 1. The number of aromatic nitrogens is 1. The van der Waals surface area contributed by atoms with Gasteiger partial charge in [0, 0.05) is 25.8 Å². The minimum Gasteiger partial charge on any atom is -0.467 e. The van der Waals surface area contributed by atoms with E-state index in [2.05, 4.69) is 15.2 Å². The highest BCUT2D eigenvalue weighted by Crippen LogP contribution is 2.17. The number of nitrogens with zero attached hydrogens (tertiary/aromatic N) is 2. The summed E-state index contributed by atoms with van der Waals surface area (Å²) in [7, 11) is 0. The maximum atomic E-state index is 12.0. The lowest BCUT2D eigenvalue weighted by Gasteiger charge is -2.16. The van der Waals surface area contributed by atoms with Crippen LogP contribution in [0.5, 0.6) is 0 Å². The highest BCUT2D eigenvalue weighted by atomic mass is 16.3. The van der Waals surface area contributed by atoms with Gasteiger partial charge in [-0.15, -0.1) is 0 Å². The molecule has 0 atom stereocenters. The second kappa shape index (κ2) is 6.62. The fourth-order valence-corrected chi connectivity index (χ4v) is 2.55. The van der Waals surface area contributed by atoms with Gasteiger partial charge in [0.05, 0.1) is 12.1 Å². The Hall–Kier alpha value is -2.34. The molecule has 0 aliphatic carbocycles. The Balaban J connectivity index is 1.55. The molecule has 0 aromatic carbocycles. The molecule has 6 heteroatoms. The zero-order valence-electron chi connectivity index (χ0n) is 12.4. The monoisotopic (exact) mass is 300 g/mol. The highest BCUT2D eigenvalue weighted by Gasteiger charge is 2.13. The molecule has 0 bridgehead atoms. The third-order valence-corrected chi connectivity index (χ3v) is 3.81. The predicted molar refractivity (Wildman–Crippen MR) is 83.5 cm³/mol. The smallest absolute Gasteiger partial charge is 0.254 e. The van der Waals surface area contributed by atoms with Crippen LogP contribution in [0.1, 0.15) is 34.5 Å². The molecule has 1 aliphatic heterocycles. The first kappa shape index (κ1) is 14.6. The van der Waals surface area contributed by atoms with Crippen LogP contribution in [0.4, 0.5) is 5.82 Å². The Kier molecular flexibility index (Phi) is 4.39. The number of nitrogens with one attached hydrogen (secondary N) is 1. The number of amides is 1. The number of anilines is 1. The minimum atomic E-state index is -0.174. The maximum absolute atomic E-state index is 12.0. The molecule has 0 radical (unpaired) electrons. The van der Waals surface area contributed by atoms with Crippen LogP contribution >= 0.6 is 0 Å². The summed E-state index contributed by atoms with van der Waals surface area (Å²) in [4.78, 5) is 18.7. The quantitative estimate of drug-likeness (QED) is 0.877. The molecule has 3 heterocycles. The predicted octanol–water partition coefficient (Wildman–Crippen LogP) is 1.66. The van der Waals surface area contributed by atoms with Gasteiger partial charge in [-0.1, -0.05) is 6.07 Å². The summed E-state index contributed by atoms with van der Waals surface area (Å²) in [5.74, 6) is 1.43. The summed E-state index contributed by atoms with van der Waals surface area (Å²) in [5.41, 5.74) is 6.92. The molecule has 1 amide bonds. The number of hydrogen-bond acceptors (Lipinski definition) is 5. The lowest BCUT2D eigenvalue weighted by Crippen LogP contribution is -2.23. The van der Waals surface area contributed by atoms with E-state index in [1.54, 1.807) is 6.07 Å². The Morgan fingerprint density at radius 1 is 1.36 bits per heavy atom. The SMILES string of the molecule is NCc1cc(C(=O)NCc2ccc(N3CCCC3)nc2)co1. The van der Waals surface area contributed by atoms with Gasteiger partial charge in [0.25, 0.3) is 5.91 Å². The van der Waals surface area contributed by atoms with Gasteiger partial charge >= 0.3 is 0 Å². The molecule has 6 nitrogen and oxygen atoms in total. The zero-order valence-corrected chi connectivity index (χ0v) is 12.4.